The van der Waals surface area contributed by atoms with Crippen LogP contribution in [0.2, 0.25) is 0 Å². The lowest BCUT2D eigenvalue weighted by molar-refractivity contribution is -0.136. The predicted molar refractivity (Wildman–Crippen MR) is 277 cm³/mol. The summed E-state index contributed by atoms with van der Waals surface area (Å²) in [5.41, 5.74) is 3.97. The van der Waals surface area contributed by atoms with Crippen molar-refractivity contribution in [2.24, 2.45) is 22.7 Å². The second-order valence-corrected chi connectivity index (χ2v) is 22.8. The topological polar surface area (TPSA) is 146 Å². The number of hydrogen-bond acceptors (Lipinski definition) is 13. The van der Waals surface area contributed by atoms with Crippen molar-refractivity contribution in [1.29, 1.82) is 0 Å². The van der Waals surface area contributed by atoms with Crippen molar-refractivity contribution >= 4 is 50.9 Å². The average molecular weight is 1010 g/mol. The van der Waals surface area contributed by atoms with Gasteiger partial charge in [0.2, 0.25) is 11.8 Å². The number of hydrogen-bond donors (Lipinski definition) is 1. The molecule has 0 spiro atoms. The van der Waals surface area contributed by atoms with E-state index in [2.05, 4.69) is 37.9 Å². The minimum Gasteiger partial charge on any atom is -0.468 e. The Morgan fingerprint density at radius 2 is 1.59 bits per heavy atom. The van der Waals surface area contributed by atoms with E-state index in [1.165, 1.54) is 32.4 Å². The van der Waals surface area contributed by atoms with Crippen LogP contribution in [0.15, 0.2) is 48.7 Å². The van der Waals surface area contributed by atoms with Crippen LogP contribution in [0.1, 0.15) is 93.1 Å². The quantitative estimate of drug-likeness (QED) is 0.0807. The Morgan fingerprint density at radius 3 is 2.32 bits per heavy atom. The Morgan fingerprint density at radius 1 is 0.824 bits per heavy atom. The van der Waals surface area contributed by atoms with E-state index < -0.39 is 11.9 Å². The number of likely N-dealkylation sites (tertiary alicyclic amines) is 1. The number of benzene rings is 3. The van der Waals surface area contributed by atoms with Gasteiger partial charge in [-0.2, -0.15) is 9.97 Å². The van der Waals surface area contributed by atoms with E-state index in [0.29, 0.717) is 82.2 Å². The fraction of sp³-hybridized carbons (Fsp3) is 0.544. The van der Waals surface area contributed by atoms with E-state index in [9.17, 15) is 14.4 Å². The number of nitrogens with one attached hydrogen (secondary N) is 1. The lowest BCUT2D eigenvalue weighted by Crippen LogP contribution is -2.52. The summed E-state index contributed by atoms with van der Waals surface area (Å²) in [5, 5.41) is 4.23. The van der Waals surface area contributed by atoms with Crippen molar-refractivity contribution in [2.45, 2.75) is 90.6 Å². The van der Waals surface area contributed by atoms with Crippen molar-refractivity contribution in [3.63, 3.8) is 0 Å². The second kappa shape index (κ2) is 19.6. The molecule has 4 saturated heterocycles. The first-order valence-corrected chi connectivity index (χ1v) is 26.9. The summed E-state index contributed by atoms with van der Waals surface area (Å²) in [6.07, 6.45) is 10.6. The highest BCUT2D eigenvalue weighted by molar-refractivity contribution is 6.06. The monoisotopic (exact) mass is 1010 g/mol. The molecule has 5 aromatic rings. The molecule has 3 unspecified atom stereocenters. The van der Waals surface area contributed by atoms with Gasteiger partial charge < -0.3 is 33.8 Å². The van der Waals surface area contributed by atoms with Crippen molar-refractivity contribution in [1.82, 2.24) is 35.0 Å². The van der Waals surface area contributed by atoms with E-state index in [1.54, 1.807) is 23.2 Å². The number of rotatable bonds is 15. The molecule has 7 heterocycles. The lowest BCUT2D eigenvalue weighted by Gasteiger charge is -2.45. The maximum atomic E-state index is 17.5. The minimum absolute atomic E-state index is 0.00268. The van der Waals surface area contributed by atoms with E-state index in [0.717, 1.165) is 102 Å². The molecular formula is C57H67F2N9O6. The molecule has 15 nitrogen and oxygen atoms in total. The standard InChI is InChI=1S/C57H67F2N9O6/c1-4-41-45(58)10-7-37-25-40(74-34-72-3)26-43(48(37)41)50-49(59)51-44(27-60-50)52(67-28-35-5-6-36(23-35)29-67)63-55(62-51)73-33-57(13-14-57)32-64-17-15-56(2,16-18-64)31-65-19-21-66(22-20-65)39-8-9-42-38(24-39)30-68(54(42)71)46-11-12-47(69)61-53(46)70/h7-10,24-27,35-36,46H,4-6,11-23,28-34H2,1-3H3,(H,61,69,70). The number of aryl methyl sites for hydroxylation is 1. The highest BCUT2D eigenvalue weighted by Crippen LogP contribution is 2.48. The molecule has 74 heavy (non-hydrogen) atoms. The molecule has 5 aliphatic heterocycles. The molecule has 0 radical (unpaired) electrons. The van der Waals surface area contributed by atoms with Gasteiger partial charge >= 0.3 is 6.01 Å². The average Bonchev–Trinajstić information content (AvgIpc) is 3.98. The summed E-state index contributed by atoms with van der Waals surface area (Å²) in [7, 11) is 1.54. The maximum absolute atomic E-state index is 17.5. The fourth-order valence-electron chi connectivity index (χ4n) is 13.2. The number of nitrogens with zero attached hydrogens (tertiary/aromatic N) is 8. The summed E-state index contributed by atoms with van der Waals surface area (Å²) in [6.45, 7) is 14.6. The Labute approximate surface area is 430 Å². The normalized spacial score (nSPS) is 23.7. The van der Waals surface area contributed by atoms with Crippen LogP contribution in [0.3, 0.4) is 0 Å². The second-order valence-electron chi connectivity index (χ2n) is 22.8. The number of piperidine rings is 3. The molecule has 7 aliphatic rings. The zero-order chi connectivity index (χ0) is 50.9. The molecule has 3 atom stereocenters. The van der Waals surface area contributed by atoms with Gasteiger partial charge in [-0.3, -0.25) is 29.6 Å². The Hall–Kier alpha value is -6.04. The minimum atomic E-state index is -0.616. The molecular weight excluding hydrogens is 945 g/mol. The molecule has 3 aromatic carbocycles. The highest BCUT2D eigenvalue weighted by atomic mass is 19.1. The maximum Gasteiger partial charge on any atom is 0.319 e. The molecule has 2 aromatic heterocycles. The van der Waals surface area contributed by atoms with Crippen LogP contribution >= 0.6 is 0 Å². The van der Waals surface area contributed by atoms with Gasteiger partial charge in [-0.05, 0) is 146 Å². The third kappa shape index (κ3) is 9.41. The molecule has 2 saturated carbocycles. The van der Waals surface area contributed by atoms with Crippen LogP contribution < -0.4 is 24.6 Å². The van der Waals surface area contributed by atoms with Gasteiger partial charge in [0.25, 0.3) is 5.91 Å². The number of halogens is 2. The highest BCUT2D eigenvalue weighted by Gasteiger charge is 2.47. The SMILES string of the molecule is CCc1c(F)ccc2cc(OCOC)cc(-c3ncc4c(N5CC6CCC(C6)C5)nc(OCC5(CN6CCC(C)(CN7CCN(c8ccc9c(c8)CN(C8CCC(=O)NC8=O)C9=O)CC7)CC6)CC5)nc4c3F)c12. The predicted octanol–water partition coefficient (Wildman–Crippen LogP) is 7.75. The molecule has 2 bridgehead atoms. The Bertz CT molecular complexity index is 3010. The zero-order valence-corrected chi connectivity index (χ0v) is 42.9. The first-order chi connectivity index (χ1) is 35.8. The van der Waals surface area contributed by atoms with Gasteiger partial charge in [-0.1, -0.05) is 19.9 Å². The summed E-state index contributed by atoms with van der Waals surface area (Å²) in [4.78, 5) is 63.8. The number of carbonyl (C=O) groups is 3. The molecule has 6 fully saturated rings. The van der Waals surface area contributed by atoms with Crippen LogP contribution in [0.5, 0.6) is 11.8 Å². The van der Waals surface area contributed by atoms with E-state index in [1.807, 2.05) is 25.1 Å². The Balaban J connectivity index is 0.703. The summed E-state index contributed by atoms with van der Waals surface area (Å²) < 4.78 is 50.6. The van der Waals surface area contributed by atoms with Crippen LogP contribution in [0, 0.1) is 34.3 Å². The number of fused-ring (bicyclic) bond motifs is 5. The number of carbonyl (C=O) groups excluding carboxylic acids is 3. The van der Waals surface area contributed by atoms with Gasteiger partial charge in [0, 0.05) is 101 Å². The largest absolute Gasteiger partial charge is 0.468 e. The van der Waals surface area contributed by atoms with Crippen molar-refractivity contribution < 1.29 is 37.4 Å². The van der Waals surface area contributed by atoms with Gasteiger partial charge in [0.05, 0.1) is 12.0 Å². The van der Waals surface area contributed by atoms with Crippen LogP contribution in [-0.2, 0) is 27.3 Å². The first-order valence-electron chi connectivity index (χ1n) is 26.9. The van der Waals surface area contributed by atoms with Gasteiger partial charge in [-0.25, -0.2) is 8.78 Å². The molecule has 12 rings (SSSR count). The number of ether oxygens (including phenoxy) is 3. The van der Waals surface area contributed by atoms with Gasteiger partial charge in [0.1, 0.15) is 34.6 Å². The third-order valence-corrected chi connectivity index (χ3v) is 17.6. The van der Waals surface area contributed by atoms with Gasteiger partial charge in [-0.15, -0.1) is 0 Å². The molecule has 2 aliphatic carbocycles. The molecule has 390 valence electrons. The first kappa shape index (κ1) is 48.9. The zero-order valence-electron chi connectivity index (χ0n) is 42.9. The number of pyridine rings is 1. The van der Waals surface area contributed by atoms with E-state index in [4.69, 9.17) is 29.2 Å². The van der Waals surface area contributed by atoms with Crippen molar-refractivity contribution in [3.05, 3.63) is 77.0 Å². The molecule has 3 amide bonds. The summed E-state index contributed by atoms with van der Waals surface area (Å²) in [6, 6.07) is 12.3. The lowest BCUT2D eigenvalue weighted by atomic mass is 9.79. The number of aromatic nitrogens is 3. The number of imide groups is 1. The smallest absolute Gasteiger partial charge is 0.319 e. The number of methoxy groups -OCH3 is 1. The van der Waals surface area contributed by atoms with Crippen LogP contribution in [0.4, 0.5) is 20.3 Å². The van der Waals surface area contributed by atoms with E-state index >= 15 is 8.78 Å². The number of amides is 3. The summed E-state index contributed by atoms with van der Waals surface area (Å²) >= 11 is 0. The number of anilines is 2. The Kier molecular flexibility index (Phi) is 12.9. The van der Waals surface area contributed by atoms with Crippen molar-refractivity contribution in [3.8, 4) is 23.0 Å². The van der Waals surface area contributed by atoms with Crippen LogP contribution in [0.25, 0.3) is 32.9 Å². The van der Waals surface area contributed by atoms with Gasteiger partial charge in [0.15, 0.2) is 12.6 Å². The van der Waals surface area contributed by atoms with E-state index in [-0.39, 0.29) is 64.8 Å². The molecule has 1 N–H and O–H groups in total. The fourth-order valence-corrected chi connectivity index (χ4v) is 13.2. The third-order valence-electron chi connectivity index (χ3n) is 17.6. The van der Waals surface area contributed by atoms with Crippen LogP contribution in [-0.4, -0.2) is 139 Å². The molecule has 17 heteroatoms. The number of piperazine rings is 1. The summed E-state index contributed by atoms with van der Waals surface area (Å²) in [5.74, 6) is 0.469. The van der Waals surface area contributed by atoms with Crippen molar-refractivity contribution in [2.75, 3.05) is 95.8 Å².